The van der Waals surface area contributed by atoms with E-state index in [4.69, 9.17) is 9.47 Å². The van der Waals surface area contributed by atoms with Crippen LogP contribution in [0.3, 0.4) is 0 Å². The van der Waals surface area contributed by atoms with Gasteiger partial charge in [-0.15, -0.1) is 22.7 Å². The molecule has 0 aromatic carbocycles. The van der Waals surface area contributed by atoms with Crippen LogP contribution in [0.1, 0.15) is 86.9 Å². The van der Waals surface area contributed by atoms with Crippen LogP contribution in [-0.2, 0) is 40.0 Å². The number of amides is 1. The fourth-order valence-corrected chi connectivity index (χ4v) is 6.74. The maximum absolute atomic E-state index is 12.9. The number of fused-ring (bicyclic) bond motifs is 2. The molecule has 0 radical (unpaired) electrons. The summed E-state index contributed by atoms with van der Waals surface area (Å²) in [6.07, 6.45) is 8.24. The van der Waals surface area contributed by atoms with Gasteiger partial charge in [0.2, 0.25) is 0 Å². The number of aryl methyl sites for hydroxylation is 3. The molecule has 0 fully saturated rings. The van der Waals surface area contributed by atoms with Gasteiger partial charge >= 0.3 is 11.9 Å². The van der Waals surface area contributed by atoms with Crippen LogP contribution in [0.5, 0.6) is 0 Å². The van der Waals surface area contributed by atoms with Crippen LogP contribution in [0.25, 0.3) is 0 Å². The molecule has 8 heteroatoms. The number of carbonyl (C=O) groups excluding carboxylic acids is 3. The average Bonchev–Trinajstić information content (AvgIpc) is 3.28. The first kappa shape index (κ1) is 23.0. The quantitative estimate of drug-likeness (QED) is 0.452. The Kier molecular flexibility index (Phi) is 7.30. The molecule has 0 saturated heterocycles. The zero-order valence-electron chi connectivity index (χ0n) is 18.6. The van der Waals surface area contributed by atoms with Crippen molar-refractivity contribution < 1.29 is 23.9 Å². The van der Waals surface area contributed by atoms with E-state index >= 15 is 0 Å². The number of thiophene rings is 2. The maximum atomic E-state index is 12.9. The highest BCUT2D eigenvalue weighted by Gasteiger charge is 2.29. The number of rotatable bonds is 6. The Balaban J connectivity index is 1.47. The van der Waals surface area contributed by atoms with Crippen LogP contribution in [-0.4, -0.2) is 30.6 Å². The van der Waals surface area contributed by atoms with E-state index in [1.54, 1.807) is 13.8 Å². The fourth-order valence-electron chi connectivity index (χ4n) is 4.33. The number of hydrogen-bond acceptors (Lipinski definition) is 7. The number of esters is 2. The molecule has 0 spiro atoms. The highest BCUT2D eigenvalue weighted by Crippen LogP contribution is 2.38. The molecule has 0 saturated carbocycles. The van der Waals surface area contributed by atoms with E-state index < -0.39 is 23.9 Å². The molecule has 2 aromatic rings. The van der Waals surface area contributed by atoms with Crippen molar-refractivity contribution in [2.75, 3.05) is 11.9 Å². The highest BCUT2D eigenvalue weighted by molar-refractivity contribution is 7.17. The molecule has 1 amide bonds. The minimum absolute atomic E-state index is 0.273. The van der Waals surface area contributed by atoms with Crippen molar-refractivity contribution >= 4 is 45.5 Å². The van der Waals surface area contributed by atoms with Gasteiger partial charge < -0.3 is 14.8 Å². The van der Waals surface area contributed by atoms with Gasteiger partial charge in [0.05, 0.1) is 12.2 Å². The predicted octanol–water partition coefficient (Wildman–Crippen LogP) is 5.32. The van der Waals surface area contributed by atoms with Crippen LogP contribution in [0.4, 0.5) is 5.00 Å². The number of ether oxygens (including phenoxy) is 2. The minimum Gasteiger partial charge on any atom is -0.462 e. The Morgan fingerprint density at radius 1 is 0.969 bits per heavy atom. The summed E-state index contributed by atoms with van der Waals surface area (Å²) in [5.74, 6) is -1.32. The monoisotopic (exact) mass is 475 g/mol. The van der Waals surface area contributed by atoms with E-state index in [-0.39, 0.29) is 6.61 Å². The summed E-state index contributed by atoms with van der Waals surface area (Å²) in [4.78, 5) is 41.1. The Labute approximate surface area is 196 Å². The van der Waals surface area contributed by atoms with Crippen molar-refractivity contribution in [1.29, 1.82) is 0 Å². The number of nitrogens with one attached hydrogen (secondary N) is 1. The topological polar surface area (TPSA) is 81.7 Å². The molecular formula is C24H29NO5S2. The first-order valence-electron chi connectivity index (χ1n) is 11.4. The van der Waals surface area contributed by atoms with Crippen LogP contribution in [0.2, 0.25) is 0 Å². The summed E-state index contributed by atoms with van der Waals surface area (Å²) in [5, 5.41) is 3.33. The Morgan fingerprint density at radius 3 is 2.47 bits per heavy atom. The van der Waals surface area contributed by atoms with Crippen LogP contribution >= 0.6 is 22.7 Å². The smallest absolute Gasteiger partial charge is 0.349 e. The second kappa shape index (κ2) is 10.2. The largest absolute Gasteiger partial charge is 0.462 e. The second-order valence-corrected chi connectivity index (χ2v) is 10.5. The zero-order valence-corrected chi connectivity index (χ0v) is 20.2. The molecule has 2 aromatic heterocycles. The lowest BCUT2D eigenvalue weighted by atomic mass is 9.99. The van der Waals surface area contributed by atoms with Crippen LogP contribution in [0.15, 0.2) is 6.07 Å². The lowest BCUT2D eigenvalue weighted by Gasteiger charge is -2.13. The van der Waals surface area contributed by atoms with Gasteiger partial charge in [0.15, 0.2) is 6.10 Å². The van der Waals surface area contributed by atoms with Crippen LogP contribution < -0.4 is 5.32 Å². The van der Waals surface area contributed by atoms with Crippen molar-refractivity contribution in [3.63, 3.8) is 0 Å². The number of carbonyl (C=O) groups is 3. The van der Waals surface area contributed by atoms with E-state index in [1.807, 2.05) is 6.07 Å². The summed E-state index contributed by atoms with van der Waals surface area (Å²) < 4.78 is 10.7. The Bertz CT molecular complexity index is 998. The fraction of sp³-hybridized carbons (Fsp3) is 0.542. The predicted molar refractivity (Wildman–Crippen MR) is 126 cm³/mol. The first-order valence-corrected chi connectivity index (χ1v) is 13.1. The molecule has 2 heterocycles. The van der Waals surface area contributed by atoms with Gasteiger partial charge in [0.1, 0.15) is 9.88 Å². The lowest BCUT2D eigenvalue weighted by Crippen LogP contribution is -2.30. The average molecular weight is 476 g/mol. The van der Waals surface area contributed by atoms with Crippen molar-refractivity contribution in [2.24, 2.45) is 0 Å². The lowest BCUT2D eigenvalue weighted by molar-refractivity contribution is -0.123. The van der Waals surface area contributed by atoms with E-state index in [1.165, 1.54) is 33.1 Å². The molecule has 1 unspecified atom stereocenters. The first-order chi connectivity index (χ1) is 15.5. The van der Waals surface area contributed by atoms with Crippen molar-refractivity contribution in [1.82, 2.24) is 0 Å². The Hall–Kier alpha value is -2.19. The van der Waals surface area contributed by atoms with Crippen molar-refractivity contribution in [3.05, 3.63) is 37.4 Å². The molecule has 2 aliphatic carbocycles. The minimum atomic E-state index is -0.974. The van der Waals surface area contributed by atoms with Crippen molar-refractivity contribution in [2.45, 2.75) is 77.7 Å². The van der Waals surface area contributed by atoms with E-state index in [9.17, 15) is 14.4 Å². The number of hydrogen-bond donors (Lipinski definition) is 1. The molecule has 172 valence electrons. The molecule has 2 aliphatic rings. The zero-order chi connectivity index (χ0) is 22.7. The van der Waals surface area contributed by atoms with Gasteiger partial charge in [0.25, 0.3) is 5.91 Å². The second-order valence-electron chi connectivity index (χ2n) is 8.29. The van der Waals surface area contributed by atoms with Gasteiger partial charge in [-0.2, -0.15) is 0 Å². The normalized spacial score (nSPS) is 16.3. The standard InChI is InChI=1S/C24H29NO5S2/c1-3-29-24(28)20-16-10-5-4-6-12-18(16)32-22(20)25-21(26)14(2)30-23(27)19-13-15-9-7-8-11-17(15)31-19/h13-14H,3-12H2,1-2H3,(H,25,26). The van der Waals surface area contributed by atoms with Gasteiger partial charge in [-0.1, -0.05) is 6.42 Å². The molecular weight excluding hydrogens is 446 g/mol. The van der Waals surface area contributed by atoms with E-state index in [0.717, 1.165) is 68.2 Å². The molecule has 1 N–H and O–H groups in total. The summed E-state index contributed by atoms with van der Waals surface area (Å²) >= 11 is 2.91. The molecule has 6 nitrogen and oxygen atoms in total. The van der Waals surface area contributed by atoms with Gasteiger partial charge in [-0.05, 0) is 82.4 Å². The summed E-state index contributed by atoms with van der Waals surface area (Å²) in [6.45, 7) is 3.60. The third-order valence-corrected chi connectivity index (χ3v) is 8.41. The Morgan fingerprint density at radius 2 is 1.69 bits per heavy atom. The molecule has 1 atom stereocenters. The summed E-state index contributed by atoms with van der Waals surface area (Å²) in [7, 11) is 0. The molecule has 0 bridgehead atoms. The highest BCUT2D eigenvalue weighted by atomic mass is 32.1. The molecule has 0 aliphatic heterocycles. The molecule has 32 heavy (non-hydrogen) atoms. The van der Waals surface area contributed by atoms with E-state index in [2.05, 4.69) is 5.32 Å². The SMILES string of the molecule is CCOC(=O)c1c(NC(=O)C(C)OC(=O)c2cc3c(s2)CCCC3)sc2c1CCCCC2. The van der Waals surface area contributed by atoms with Crippen LogP contribution in [0, 0.1) is 0 Å². The maximum Gasteiger partial charge on any atom is 0.349 e. The molecule has 4 rings (SSSR count). The van der Waals surface area contributed by atoms with Crippen molar-refractivity contribution in [3.8, 4) is 0 Å². The third kappa shape index (κ3) is 4.91. The van der Waals surface area contributed by atoms with Gasteiger partial charge in [-0.25, -0.2) is 9.59 Å². The summed E-state index contributed by atoms with van der Waals surface area (Å²) in [5.41, 5.74) is 2.69. The third-order valence-electron chi connectivity index (χ3n) is 5.99. The number of anilines is 1. The van der Waals surface area contributed by atoms with Gasteiger partial charge in [0, 0.05) is 9.75 Å². The summed E-state index contributed by atoms with van der Waals surface area (Å²) in [6, 6.07) is 1.90. The van der Waals surface area contributed by atoms with Gasteiger partial charge in [-0.3, -0.25) is 4.79 Å². The van der Waals surface area contributed by atoms with E-state index in [0.29, 0.717) is 15.4 Å².